The van der Waals surface area contributed by atoms with Crippen LogP contribution < -0.4 is 15.8 Å². The van der Waals surface area contributed by atoms with Gasteiger partial charge in [0.1, 0.15) is 16.9 Å². The highest BCUT2D eigenvalue weighted by Crippen LogP contribution is 2.36. The Labute approximate surface area is 184 Å². The fraction of sp³-hybridized carbons (Fsp3) is 0.158. The van der Waals surface area contributed by atoms with Crippen LogP contribution in [0.15, 0.2) is 51.9 Å². The van der Waals surface area contributed by atoms with Crippen LogP contribution in [0.1, 0.15) is 23.0 Å². The SMILES string of the molecule is C[C@@]1(c2cc(NC(=O)c3cc4ccccc4o3)cc(F)c2I)CS(=O)(=O)NC(N)=N1. The fourth-order valence-corrected chi connectivity index (χ4v) is 5.65. The Morgan fingerprint density at radius 1 is 1.33 bits per heavy atom. The second kappa shape index (κ2) is 7.23. The number of aliphatic imine (C=N–C) groups is 1. The zero-order chi connectivity index (χ0) is 21.7. The summed E-state index contributed by atoms with van der Waals surface area (Å²) in [4.78, 5) is 16.8. The number of carbonyl (C=O) groups excluding carboxylic acids is 1. The van der Waals surface area contributed by atoms with Crippen LogP contribution in [0, 0.1) is 9.39 Å². The van der Waals surface area contributed by atoms with Crippen LogP contribution in [-0.4, -0.2) is 26.0 Å². The van der Waals surface area contributed by atoms with Crippen LogP contribution in [0.4, 0.5) is 10.1 Å². The molecule has 0 saturated carbocycles. The van der Waals surface area contributed by atoms with Gasteiger partial charge in [0, 0.05) is 11.1 Å². The standard InChI is InChI=1S/C19H16FIN4O4S/c1-19(9-30(27,28)25-18(22)24-19)12-7-11(8-13(20)16(12)21)23-17(26)15-6-10-4-2-3-5-14(10)29-15/h2-8H,9H2,1H3,(H,23,26)(H3,22,24,25)/t19-/m0/s1. The molecule has 1 atom stereocenters. The third-order valence-corrected chi connectivity index (χ3v) is 7.17. The lowest BCUT2D eigenvalue weighted by atomic mass is 9.94. The minimum atomic E-state index is -3.74. The Balaban J connectivity index is 1.71. The predicted molar refractivity (Wildman–Crippen MR) is 119 cm³/mol. The molecular weight excluding hydrogens is 526 g/mol. The van der Waals surface area contributed by atoms with Crippen LogP contribution in [0.3, 0.4) is 0 Å². The number of nitrogens with zero attached hydrogens (tertiary/aromatic N) is 1. The van der Waals surface area contributed by atoms with Gasteiger partial charge in [-0.05, 0) is 59.3 Å². The van der Waals surface area contributed by atoms with Gasteiger partial charge in [-0.25, -0.2) is 17.8 Å². The van der Waals surface area contributed by atoms with Gasteiger partial charge in [-0.15, -0.1) is 0 Å². The van der Waals surface area contributed by atoms with Gasteiger partial charge in [-0.3, -0.25) is 9.52 Å². The van der Waals surface area contributed by atoms with Gasteiger partial charge in [0.05, 0.1) is 9.32 Å². The predicted octanol–water partition coefficient (Wildman–Crippen LogP) is 2.89. The number of sulfonamides is 1. The lowest BCUT2D eigenvalue weighted by Gasteiger charge is -2.31. The first kappa shape index (κ1) is 20.6. The van der Waals surface area contributed by atoms with Crippen molar-refractivity contribution in [1.29, 1.82) is 0 Å². The highest BCUT2D eigenvalue weighted by Gasteiger charge is 2.39. The molecule has 0 bridgehead atoms. The Morgan fingerprint density at radius 3 is 2.77 bits per heavy atom. The quantitative estimate of drug-likeness (QED) is 0.439. The molecule has 1 aliphatic heterocycles. The van der Waals surface area contributed by atoms with Crippen molar-refractivity contribution in [2.24, 2.45) is 10.7 Å². The summed E-state index contributed by atoms with van der Waals surface area (Å²) >= 11 is 1.78. The number of amides is 1. The molecule has 0 radical (unpaired) electrons. The molecular formula is C19H16FIN4O4S. The lowest BCUT2D eigenvalue weighted by molar-refractivity contribution is 0.0998. The summed E-state index contributed by atoms with van der Waals surface area (Å²) in [5, 5.41) is 3.35. The topological polar surface area (TPSA) is 127 Å². The second-order valence-corrected chi connectivity index (χ2v) is 9.86. The number of para-hydroxylation sites is 1. The highest BCUT2D eigenvalue weighted by atomic mass is 127. The van der Waals surface area contributed by atoms with Crippen molar-refractivity contribution < 1.29 is 22.0 Å². The molecule has 2 heterocycles. The average molecular weight is 542 g/mol. The van der Waals surface area contributed by atoms with E-state index in [0.717, 1.165) is 11.5 Å². The third kappa shape index (κ3) is 3.86. The molecule has 0 spiro atoms. The van der Waals surface area contributed by atoms with Crippen molar-refractivity contribution >= 4 is 61.1 Å². The number of halogens is 2. The van der Waals surface area contributed by atoms with Crippen molar-refractivity contribution in [2.45, 2.75) is 12.5 Å². The van der Waals surface area contributed by atoms with Gasteiger partial charge in [0.15, 0.2) is 5.76 Å². The Bertz CT molecular complexity index is 1290. The van der Waals surface area contributed by atoms with E-state index in [1.54, 1.807) is 53.8 Å². The third-order valence-electron chi connectivity index (χ3n) is 4.61. The smallest absolute Gasteiger partial charge is 0.291 e. The van der Waals surface area contributed by atoms with E-state index in [2.05, 4.69) is 15.0 Å². The molecule has 1 amide bonds. The molecule has 1 aromatic heterocycles. The van der Waals surface area contributed by atoms with Crippen molar-refractivity contribution in [2.75, 3.05) is 11.1 Å². The van der Waals surface area contributed by atoms with E-state index in [1.165, 1.54) is 6.07 Å². The number of anilines is 1. The van der Waals surface area contributed by atoms with Crippen molar-refractivity contribution in [1.82, 2.24) is 4.72 Å². The molecule has 4 rings (SSSR count). The van der Waals surface area contributed by atoms with Gasteiger partial charge < -0.3 is 15.5 Å². The minimum Gasteiger partial charge on any atom is -0.451 e. The molecule has 0 saturated heterocycles. The maximum absolute atomic E-state index is 14.6. The van der Waals surface area contributed by atoms with Crippen molar-refractivity contribution in [3.8, 4) is 0 Å². The first-order valence-corrected chi connectivity index (χ1v) is 11.4. The number of hydrogen-bond acceptors (Lipinski definition) is 6. The fourth-order valence-electron chi connectivity index (χ4n) is 3.36. The van der Waals surface area contributed by atoms with Crippen LogP contribution >= 0.6 is 22.6 Å². The Hall–Kier alpha value is -2.67. The summed E-state index contributed by atoms with van der Waals surface area (Å²) in [7, 11) is -3.74. The maximum Gasteiger partial charge on any atom is 0.291 e. The molecule has 4 N–H and O–H groups in total. The molecule has 11 heteroatoms. The molecule has 3 aromatic rings. The van der Waals surface area contributed by atoms with Crippen LogP contribution in [-0.2, 0) is 15.6 Å². The summed E-state index contributed by atoms with van der Waals surface area (Å²) in [5.41, 5.74) is 5.27. The molecule has 1 aliphatic rings. The summed E-state index contributed by atoms with van der Waals surface area (Å²) < 4.78 is 46.7. The van der Waals surface area contributed by atoms with Crippen LogP contribution in [0.2, 0.25) is 0 Å². The summed E-state index contributed by atoms with van der Waals surface area (Å²) in [5.74, 6) is -1.83. The lowest BCUT2D eigenvalue weighted by Crippen LogP contribution is -2.49. The molecule has 30 heavy (non-hydrogen) atoms. The molecule has 156 valence electrons. The number of furan rings is 1. The van der Waals surface area contributed by atoms with Crippen LogP contribution in [0.25, 0.3) is 11.0 Å². The summed E-state index contributed by atoms with van der Waals surface area (Å²) in [6, 6.07) is 11.4. The van der Waals surface area contributed by atoms with Crippen LogP contribution in [0.5, 0.6) is 0 Å². The van der Waals surface area contributed by atoms with E-state index >= 15 is 0 Å². The highest BCUT2D eigenvalue weighted by molar-refractivity contribution is 14.1. The number of hydrogen-bond donors (Lipinski definition) is 3. The first-order valence-electron chi connectivity index (χ1n) is 8.72. The number of carbonyl (C=O) groups is 1. The van der Waals surface area contributed by atoms with E-state index in [4.69, 9.17) is 10.2 Å². The van der Waals surface area contributed by atoms with Gasteiger partial charge in [0.2, 0.25) is 16.0 Å². The molecule has 8 nitrogen and oxygen atoms in total. The summed E-state index contributed by atoms with van der Waals surface area (Å²) in [6.07, 6.45) is 0. The van der Waals surface area contributed by atoms with E-state index in [9.17, 15) is 17.6 Å². The number of nitrogens with two attached hydrogens (primary N) is 1. The van der Waals surface area contributed by atoms with Gasteiger partial charge in [-0.1, -0.05) is 18.2 Å². The van der Waals surface area contributed by atoms with E-state index in [-0.39, 0.29) is 26.5 Å². The van der Waals surface area contributed by atoms with E-state index in [0.29, 0.717) is 5.58 Å². The van der Waals surface area contributed by atoms with Gasteiger partial charge in [0.25, 0.3) is 5.91 Å². The van der Waals surface area contributed by atoms with E-state index in [1.807, 2.05) is 6.07 Å². The zero-order valence-corrected chi connectivity index (χ0v) is 18.5. The second-order valence-electron chi connectivity index (χ2n) is 7.05. The molecule has 0 unspecified atom stereocenters. The van der Waals surface area contributed by atoms with Crippen molar-refractivity contribution in [3.05, 3.63) is 63.2 Å². The number of rotatable bonds is 3. The monoisotopic (exact) mass is 542 g/mol. The maximum atomic E-state index is 14.6. The molecule has 0 fully saturated rings. The number of guanidine groups is 1. The molecule has 2 aromatic carbocycles. The van der Waals surface area contributed by atoms with Crippen molar-refractivity contribution in [3.63, 3.8) is 0 Å². The first-order chi connectivity index (χ1) is 14.1. The number of fused-ring (bicyclic) bond motifs is 1. The Kier molecular flexibility index (Phi) is 4.97. The van der Waals surface area contributed by atoms with Gasteiger partial charge >= 0.3 is 0 Å². The largest absolute Gasteiger partial charge is 0.451 e. The number of nitrogens with one attached hydrogen (secondary N) is 2. The van der Waals surface area contributed by atoms with Gasteiger partial charge in [-0.2, -0.15) is 0 Å². The minimum absolute atomic E-state index is 0.0645. The normalized spacial score (nSPS) is 20.4. The summed E-state index contributed by atoms with van der Waals surface area (Å²) in [6.45, 7) is 1.54. The average Bonchev–Trinajstić information content (AvgIpc) is 3.06. The number of benzene rings is 2. The zero-order valence-electron chi connectivity index (χ0n) is 15.6. The Morgan fingerprint density at radius 2 is 2.07 bits per heavy atom. The molecule has 0 aliphatic carbocycles. The van der Waals surface area contributed by atoms with E-state index < -0.39 is 33.0 Å².